The van der Waals surface area contributed by atoms with Crippen molar-refractivity contribution in [2.45, 2.75) is 45.3 Å². The number of benzene rings is 2. The fourth-order valence-electron chi connectivity index (χ4n) is 4.35. The van der Waals surface area contributed by atoms with Crippen LogP contribution >= 0.6 is 0 Å². The Hall–Kier alpha value is -4.46. The molecule has 1 aliphatic heterocycles. The maximum absolute atomic E-state index is 14.6. The van der Waals surface area contributed by atoms with Crippen LogP contribution in [0.4, 0.5) is 13.6 Å². The maximum atomic E-state index is 14.6. The van der Waals surface area contributed by atoms with Crippen LogP contribution in [0, 0.1) is 23.0 Å². The molecule has 1 N–H and O–H groups in total. The number of carbonyl (C=O) groups is 2. The van der Waals surface area contributed by atoms with Gasteiger partial charge in [0.2, 0.25) is 0 Å². The second-order valence-corrected chi connectivity index (χ2v) is 10.2. The average molecular weight is 538 g/mol. The molecule has 4 rings (SSSR count). The quantitative estimate of drug-likeness (QED) is 0.500. The normalized spacial score (nSPS) is 15.4. The van der Waals surface area contributed by atoms with E-state index in [1.54, 1.807) is 37.8 Å². The van der Waals surface area contributed by atoms with E-state index in [0.29, 0.717) is 30.6 Å². The lowest BCUT2D eigenvalue weighted by Gasteiger charge is -2.33. The Morgan fingerprint density at radius 1 is 1.15 bits per heavy atom. The number of imidazole rings is 1. The van der Waals surface area contributed by atoms with Crippen molar-refractivity contribution >= 4 is 12.0 Å². The zero-order valence-corrected chi connectivity index (χ0v) is 22.1. The van der Waals surface area contributed by atoms with Gasteiger partial charge in [0.25, 0.3) is 5.91 Å². The summed E-state index contributed by atoms with van der Waals surface area (Å²) in [6.07, 6.45) is 2.24. The molecule has 0 radical (unpaired) electrons. The molecule has 9 nitrogen and oxygen atoms in total. The first-order valence-electron chi connectivity index (χ1n) is 12.4. The van der Waals surface area contributed by atoms with Gasteiger partial charge in [0.05, 0.1) is 18.4 Å². The molecule has 2 heterocycles. The van der Waals surface area contributed by atoms with Crippen molar-refractivity contribution in [1.29, 1.82) is 5.26 Å². The summed E-state index contributed by atoms with van der Waals surface area (Å²) in [5.74, 6) is -1.54. The second-order valence-electron chi connectivity index (χ2n) is 10.2. The van der Waals surface area contributed by atoms with Gasteiger partial charge in [-0.3, -0.25) is 9.36 Å². The number of halogens is 2. The third kappa shape index (κ3) is 6.34. The molecule has 1 fully saturated rings. The highest BCUT2D eigenvalue weighted by Gasteiger charge is 2.29. The Morgan fingerprint density at radius 3 is 2.56 bits per heavy atom. The van der Waals surface area contributed by atoms with Gasteiger partial charge in [0.15, 0.2) is 11.6 Å². The molecule has 2 aromatic carbocycles. The van der Waals surface area contributed by atoms with E-state index in [0.717, 1.165) is 6.07 Å². The predicted molar refractivity (Wildman–Crippen MR) is 138 cm³/mol. The summed E-state index contributed by atoms with van der Waals surface area (Å²) in [5, 5.41) is 11.9. The van der Waals surface area contributed by atoms with Gasteiger partial charge < -0.3 is 19.7 Å². The number of aromatic nitrogens is 2. The van der Waals surface area contributed by atoms with Crippen molar-refractivity contribution in [3.63, 3.8) is 0 Å². The van der Waals surface area contributed by atoms with Crippen LogP contribution in [0.2, 0.25) is 0 Å². The lowest BCUT2D eigenvalue weighted by atomic mass is 10.1. The average Bonchev–Trinajstić information content (AvgIpc) is 3.32. The summed E-state index contributed by atoms with van der Waals surface area (Å²) in [4.78, 5) is 31.8. The number of hydrogen-bond acceptors (Lipinski definition) is 6. The van der Waals surface area contributed by atoms with Crippen LogP contribution < -0.4 is 10.1 Å². The summed E-state index contributed by atoms with van der Waals surface area (Å²) < 4.78 is 40.9. The van der Waals surface area contributed by atoms with Crippen LogP contribution in [-0.4, -0.2) is 58.3 Å². The Balaban J connectivity index is 1.66. The van der Waals surface area contributed by atoms with Gasteiger partial charge in [-0.2, -0.15) is 5.26 Å². The van der Waals surface area contributed by atoms with Crippen LogP contribution in [0.25, 0.3) is 17.1 Å². The third-order valence-corrected chi connectivity index (χ3v) is 6.12. The van der Waals surface area contributed by atoms with Crippen LogP contribution in [0.15, 0.2) is 42.6 Å². The number of carbonyl (C=O) groups excluding carboxylic acids is 2. The summed E-state index contributed by atoms with van der Waals surface area (Å²) >= 11 is 0. The number of piperidine rings is 1. The number of alkyl carbamates (subject to hydrolysis) is 1. The second kappa shape index (κ2) is 11.1. The molecule has 11 heteroatoms. The number of nitrogens with one attached hydrogen (secondary N) is 1. The molecule has 1 aliphatic rings. The first-order valence-corrected chi connectivity index (χ1v) is 12.4. The van der Waals surface area contributed by atoms with Crippen LogP contribution in [0.1, 0.15) is 49.7 Å². The first kappa shape index (κ1) is 27.6. The monoisotopic (exact) mass is 537 g/mol. The standard InChI is InChI=1S/C28H29F2N5O4/c1-28(2,3)39-27(37)32-19-6-5-11-34(15-19)26(36)23-16-35(20-9-10-24(38-4)22(30)13-20)25(33-23)17-7-8-18(14-31)21(29)12-17/h7-10,12-13,16,19H,5-6,11,15H2,1-4H3,(H,32,37)/t19-/m1/s1. The molecule has 0 bridgehead atoms. The van der Waals surface area contributed by atoms with Gasteiger partial charge in [0, 0.05) is 37.0 Å². The van der Waals surface area contributed by atoms with E-state index < -0.39 is 29.2 Å². The van der Waals surface area contributed by atoms with Crippen molar-refractivity contribution in [2.24, 2.45) is 0 Å². The Morgan fingerprint density at radius 2 is 1.92 bits per heavy atom. The van der Waals surface area contributed by atoms with E-state index in [4.69, 9.17) is 14.7 Å². The van der Waals surface area contributed by atoms with E-state index in [1.807, 2.05) is 0 Å². The highest BCUT2D eigenvalue weighted by atomic mass is 19.1. The number of hydrogen-bond donors (Lipinski definition) is 1. The minimum Gasteiger partial charge on any atom is -0.494 e. The Kier molecular flexibility index (Phi) is 7.85. The smallest absolute Gasteiger partial charge is 0.407 e. The van der Waals surface area contributed by atoms with Gasteiger partial charge in [-0.1, -0.05) is 0 Å². The molecular formula is C28H29F2N5O4. The highest BCUT2D eigenvalue weighted by molar-refractivity contribution is 5.93. The van der Waals surface area contributed by atoms with Gasteiger partial charge in [-0.15, -0.1) is 0 Å². The SMILES string of the molecule is COc1ccc(-n2cc(C(=O)N3CCC[C@@H](NC(=O)OC(C)(C)C)C3)nc2-c2ccc(C#N)c(F)c2)cc1F. The van der Waals surface area contributed by atoms with Gasteiger partial charge in [-0.05, 0) is 63.9 Å². The van der Waals surface area contributed by atoms with Crippen LogP contribution in [0.5, 0.6) is 5.75 Å². The van der Waals surface area contributed by atoms with Gasteiger partial charge in [-0.25, -0.2) is 18.6 Å². The molecular weight excluding hydrogens is 508 g/mol. The van der Waals surface area contributed by atoms with Crippen LogP contribution in [-0.2, 0) is 4.74 Å². The van der Waals surface area contributed by atoms with E-state index in [2.05, 4.69) is 10.3 Å². The minimum absolute atomic E-state index is 0.0398. The molecule has 1 atom stereocenters. The zero-order valence-electron chi connectivity index (χ0n) is 22.1. The molecule has 39 heavy (non-hydrogen) atoms. The largest absolute Gasteiger partial charge is 0.494 e. The third-order valence-electron chi connectivity index (χ3n) is 6.12. The molecule has 0 saturated carbocycles. The van der Waals surface area contributed by atoms with Crippen molar-refractivity contribution in [1.82, 2.24) is 19.8 Å². The number of nitriles is 1. The zero-order chi connectivity index (χ0) is 28.3. The number of ether oxygens (including phenoxy) is 2. The van der Waals surface area contributed by atoms with Crippen LogP contribution in [0.3, 0.4) is 0 Å². The van der Waals surface area contributed by atoms with Crippen molar-refractivity contribution in [2.75, 3.05) is 20.2 Å². The molecule has 0 unspecified atom stereocenters. The fraction of sp³-hybridized carbons (Fsp3) is 0.357. The van der Waals surface area contributed by atoms with Crippen molar-refractivity contribution in [3.8, 4) is 28.9 Å². The minimum atomic E-state index is -0.745. The van der Waals surface area contributed by atoms with Crippen molar-refractivity contribution < 1.29 is 27.8 Å². The molecule has 204 valence electrons. The summed E-state index contributed by atoms with van der Waals surface area (Å²) in [7, 11) is 1.35. The summed E-state index contributed by atoms with van der Waals surface area (Å²) in [5.41, 5.74) is -0.0967. The van der Waals surface area contributed by atoms with Gasteiger partial charge in [0.1, 0.15) is 29.0 Å². The van der Waals surface area contributed by atoms with E-state index in [9.17, 15) is 18.4 Å². The predicted octanol–water partition coefficient (Wildman–Crippen LogP) is 4.83. The first-order chi connectivity index (χ1) is 18.5. The summed E-state index contributed by atoms with van der Waals surface area (Å²) in [6, 6.07) is 9.69. The Labute approximate surface area is 225 Å². The maximum Gasteiger partial charge on any atom is 0.407 e. The molecule has 0 spiro atoms. The number of amides is 2. The van der Waals surface area contributed by atoms with E-state index in [1.165, 1.54) is 42.1 Å². The van der Waals surface area contributed by atoms with E-state index >= 15 is 0 Å². The fourth-order valence-corrected chi connectivity index (χ4v) is 4.35. The molecule has 2 amide bonds. The topological polar surface area (TPSA) is 109 Å². The van der Waals surface area contributed by atoms with Crippen molar-refractivity contribution in [3.05, 3.63) is 65.5 Å². The highest BCUT2D eigenvalue weighted by Crippen LogP contribution is 2.28. The number of rotatable bonds is 5. The number of methoxy groups -OCH3 is 1. The summed E-state index contributed by atoms with van der Waals surface area (Å²) in [6.45, 7) is 6.02. The molecule has 1 aromatic heterocycles. The lowest BCUT2D eigenvalue weighted by molar-refractivity contribution is 0.0451. The molecule has 0 aliphatic carbocycles. The molecule has 3 aromatic rings. The number of likely N-dealkylation sites (tertiary alicyclic amines) is 1. The van der Waals surface area contributed by atoms with E-state index in [-0.39, 0.29) is 35.4 Å². The Bertz CT molecular complexity index is 1440. The number of nitrogens with zero attached hydrogens (tertiary/aromatic N) is 4. The molecule has 1 saturated heterocycles. The lowest BCUT2D eigenvalue weighted by Crippen LogP contribution is -2.50. The van der Waals surface area contributed by atoms with Gasteiger partial charge >= 0.3 is 6.09 Å².